The van der Waals surface area contributed by atoms with Gasteiger partial charge in [-0.3, -0.25) is 0 Å². The molecule has 0 bridgehead atoms. The van der Waals surface area contributed by atoms with E-state index in [1.54, 1.807) is 24.3 Å². The summed E-state index contributed by atoms with van der Waals surface area (Å²) < 4.78 is 5.62. The van der Waals surface area contributed by atoms with Crippen molar-refractivity contribution in [1.29, 1.82) is 0 Å². The fourth-order valence-corrected chi connectivity index (χ4v) is 1.47. The molecule has 1 unspecified atom stereocenters. The van der Waals surface area contributed by atoms with Gasteiger partial charge in [0.1, 0.15) is 0 Å². The van der Waals surface area contributed by atoms with E-state index >= 15 is 0 Å². The Morgan fingerprint density at radius 1 is 1.38 bits per heavy atom. The number of carbonyl (C=O) groups is 1. The van der Waals surface area contributed by atoms with Gasteiger partial charge >= 0.3 is 5.97 Å². The molecule has 1 aromatic carbocycles. The SMILES string of the molecule is CCCC(C)OCc1ccc(C(=O)O)cc1. The van der Waals surface area contributed by atoms with Crippen LogP contribution in [0.3, 0.4) is 0 Å². The largest absolute Gasteiger partial charge is 0.478 e. The zero-order valence-electron chi connectivity index (χ0n) is 9.77. The molecule has 0 spiro atoms. The molecule has 0 heterocycles. The van der Waals surface area contributed by atoms with Crippen LogP contribution in [0.15, 0.2) is 24.3 Å². The highest BCUT2D eigenvalue weighted by molar-refractivity contribution is 5.87. The number of carboxylic acids is 1. The van der Waals surface area contributed by atoms with Crippen LogP contribution < -0.4 is 0 Å². The Morgan fingerprint density at radius 3 is 2.50 bits per heavy atom. The standard InChI is InChI=1S/C13H18O3/c1-3-4-10(2)16-9-11-5-7-12(8-6-11)13(14)15/h5-8,10H,3-4,9H2,1-2H3,(H,14,15). The second kappa shape index (κ2) is 6.28. The number of ether oxygens (including phenoxy) is 1. The zero-order valence-corrected chi connectivity index (χ0v) is 9.77. The molecule has 0 saturated carbocycles. The van der Waals surface area contributed by atoms with Crippen LogP contribution in [-0.2, 0) is 11.3 Å². The Balaban J connectivity index is 2.46. The lowest BCUT2D eigenvalue weighted by Crippen LogP contribution is -2.07. The molecular weight excluding hydrogens is 204 g/mol. The van der Waals surface area contributed by atoms with Gasteiger partial charge in [0.15, 0.2) is 0 Å². The van der Waals surface area contributed by atoms with E-state index in [1.165, 1.54) is 0 Å². The third kappa shape index (κ3) is 4.03. The quantitative estimate of drug-likeness (QED) is 0.804. The topological polar surface area (TPSA) is 46.5 Å². The molecule has 0 saturated heterocycles. The van der Waals surface area contributed by atoms with Gasteiger partial charge in [0.25, 0.3) is 0 Å². The first-order valence-electron chi connectivity index (χ1n) is 5.57. The van der Waals surface area contributed by atoms with Crippen molar-refractivity contribution in [3.8, 4) is 0 Å². The van der Waals surface area contributed by atoms with E-state index in [2.05, 4.69) is 13.8 Å². The first kappa shape index (κ1) is 12.7. The minimum atomic E-state index is -0.896. The van der Waals surface area contributed by atoms with Crippen molar-refractivity contribution >= 4 is 5.97 Å². The van der Waals surface area contributed by atoms with Crippen molar-refractivity contribution in [3.63, 3.8) is 0 Å². The van der Waals surface area contributed by atoms with E-state index in [4.69, 9.17) is 9.84 Å². The molecule has 0 amide bonds. The highest BCUT2D eigenvalue weighted by Crippen LogP contribution is 2.09. The molecule has 1 N–H and O–H groups in total. The Bertz CT molecular complexity index is 330. The minimum absolute atomic E-state index is 0.254. The lowest BCUT2D eigenvalue weighted by atomic mass is 10.1. The van der Waals surface area contributed by atoms with E-state index in [0.29, 0.717) is 12.2 Å². The number of hydrogen-bond acceptors (Lipinski definition) is 2. The van der Waals surface area contributed by atoms with Crippen molar-refractivity contribution in [2.75, 3.05) is 0 Å². The van der Waals surface area contributed by atoms with Gasteiger partial charge < -0.3 is 9.84 Å². The van der Waals surface area contributed by atoms with Crippen molar-refractivity contribution in [2.24, 2.45) is 0 Å². The Morgan fingerprint density at radius 2 is 2.00 bits per heavy atom. The highest BCUT2D eigenvalue weighted by atomic mass is 16.5. The number of benzene rings is 1. The maximum atomic E-state index is 10.6. The molecule has 3 nitrogen and oxygen atoms in total. The van der Waals surface area contributed by atoms with E-state index in [0.717, 1.165) is 18.4 Å². The van der Waals surface area contributed by atoms with Crippen LogP contribution in [0.2, 0.25) is 0 Å². The summed E-state index contributed by atoms with van der Waals surface area (Å²) >= 11 is 0. The Kier molecular flexibility index (Phi) is 4.99. The average Bonchev–Trinajstić information content (AvgIpc) is 2.27. The molecule has 88 valence electrons. The summed E-state index contributed by atoms with van der Waals surface area (Å²) in [5, 5.41) is 8.73. The lowest BCUT2D eigenvalue weighted by molar-refractivity contribution is 0.0471. The summed E-state index contributed by atoms with van der Waals surface area (Å²) in [6.45, 7) is 4.72. The zero-order chi connectivity index (χ0) is 12.0. The molecule has 0 aliphatic carbocycles. The molecule has 3 heteroatoms. The van der Waals surface area contributed by atoms with Gasteiger partial charge in [0.2, 0.25) is 0 Å². The predicted octanol–water partition coefficient (Wildman–Crippen LogP) is 3.09. The van der Waals surface area contributed by atoms with Gasteiger partial charge in [0.05, 0.1) is 18.3 Å². The Hall–Kier alpha value is -1.35. The maximum Gasteiger partial charge on any atom is 0.335 e. The van der Waals surface area contributed by atoms with Crippen LogP contribution in [0.5, 0.6) is 0 Å². The summed E-state index contributed by atoms with van der Waals surface area (Å²) in [7, 11) is 0. The molecule has 0 aliphatic rings. The van der Waals surface area contributed by atoms with Crippen LogP contribution in [0, 0.1) is 0 Å². The van der Waals surface area contributed by atoms with E-state index in [1.807, 2.05) is 0 Å². The number of aromatic carboxylic acids is 1. The van der Waals surface area contributed by atoms with Crippen molar-refractivity contribution in [1.82, 2.24) is 0 Å². The smallest absolute Gasteiger partial charge is 0.335 e. The van der Waals surface area contributed by atoms with Crippen LogP contribution in [-0.4, -0.2) is 17.2 Å². The molecule has 0 aromatic heterocycles. The van der Waals surface area contributed by atoms with Crippen LogP contribution in [0.25, 0.3) is 0 Å². The molecule has 1 atom stereocenters. The fourth-order valence-electron chi connectivity index (χ4n) is 1.47. The maximum absolute atomic E-state index is 10.6. The number of carboxylic acid groups (broad SMARTS) is 1. The lowest BCUT2D eigenvalue weighted by Gasteiger charge is -2.11. The molecule has 0 radical (unpaired) electrons. The number of rotatable bonds is 6. The summed E-state index contributed by atoms with van der Waals surface area (Å²) in [6, 6.07) is 6.79. The monoisotopic (exact) mass is 222 g/mol. The Labute approximate surface area is 96.1 Å². The third-order valence-corrected chi connectivity index (χ3v) is 2.43. The summed E-state index contributed by atoms with van der Waals surface area (Å²) in [6.07, 6.45) is 2.41. The van der Waals surface area contributed by atoms with Crippen LogP contribution >= 0.6 is 0 Å². The second-order valence-electron chi connectivity index (χ2n) is 3.91. The van der Waals surface area contributed by atoms with Crippen molar-refractivity contribution in [2.45, 2.75) is 39.4 Å². The second-order valence-corrected chi connectivity index (χ2v) is 3.91. The van der Waals surface area contributed by atoms with Gasteiger partial charge in [0, 0.05) is 0 Å². The minimum Gasteiger partial charge on any atom is -0.478 e. The van der Waals surface area contributed by atoms with Gasteiger partial charge in [-0.15, -0.1) is 0 Å². The first-order chi connectivity index (χ1) is 7.63. The molecular formula is C13H18O3. The summed E-state index contributed by atoms with van der Waals surface area (Å²) in [4.78, 5) is 10.6. The first-order valence-corrected chi connectivity index (χ1v) is 5.57. The molecule has 0 aliphatic heterocycles. The third-order valence-electron chi connectivity index (χ3n) is 2.43. The van der Waals surface area contributed by atoms with Crippen LogP contribution in [0.4, 0.5) is 0 Å². The van der Waals surface area contributed by atoms with E-state index in [9.17, 15) is 4.79 Å². The van der Waals surface area contributed by atoms with Gasteiger partial charge in [-0.25, -0.2) is 4.79 Å². The van der Waals surface area contributed by atoms with Crippen molar-refractivity contribution < 1.29 is 14.6 Å². The molecule has 16 heavy (non-hydrogen) atoms. The number of hydrogen-bond donors (Lipinski definition) is 1. The van der Waals surface area contributed by atoms with E-state index < -0.39 is 5.97 Å². The van der Waals surface area contributed by atoms with Crippen molar-refractivity contribution in [3.05, 3.63) is 35.4 Å². The van der Waals surface area contributed by atoms with Gasteiger partial charge in [-0.05, 0) is 31.0 Å². The predicted molar refractivity (Wildman–Crippen MR) is 62.6 cm³/mol. The summed E-state index contributed by atoms with van der Waals surface area (Å²) in [5.41, 5.74) is 1.32. The molecule has 1 rings (SSSR count). The average molecular weight is 222 g/mol. The van der Waals surface area contributed by atoms with E-state index in [-0.39, 0.29) is 6.10 Å². The highest BCUT2D eigenvalue weighted by Gasteiger charge is 2.03. The molecule has 1 aromatic rings. The fraction of sp³-hybridized carbons (Fsp3) is 0.462. The summed E-state index contributed by atoms with van der Waals surface area (Å²) in [5.74, 6) is -0.896. The molecule has 0 fully saturated rings. The van der Waals surface area contributed by atoms with Crippen LogP contribution in [0.1, 0.15) is 42.6 Å². The van der Waals surface area contributed by atoms with Gasteiger partial charge in [-0.2, -0.15) is 0 Å². The normalized spacial score (nSPS) is 12.4. The van der Waals surface area contributed by atoms with Gasteiger partial charge in [-0.1, -0.05) is 25.5 Å².